The third-order valence-electron chi connectivity index (χ3n) is 2.65. The maximum Gasteiger partial charge on any atom is 0.238 e. The number of carbonyl (C=O) groups excluding carboxylic acids is 1. The van der Waals surface area contributed by atoms with E-state index in [0.29, 0.717) is 6.54 Å². The third-order valence-corrected chi connectivity index (χ3v) is 4.62. The number of carbonyl (C=O) groups is 1. The maximum atomic E-state index is 11.8. The Labute approximate surface area is 104 Å². The standard InChI is InChI=1S/C11H16N2OS2/c1-8-5-16-6-9(8)4-13-11(14)10-7-15-3-2-12-10/h5-6,10,12H,2-4,7H2,1H3,(H,13,14). The minimum absolute atomic E-state index is 0.0160. The Morgan fingerprint density at radius 2 is 2.50 bits per heavy atom. The summed E-state index contributed by atoms with van der Waals surface area (Å²) < 4.78 is 0. The Bertz CT molecular complexity index is 359. The summed E-state index contributed by atoms with van der Waals surface area (Å²) in [6, 6.07) is -0.0160. The molecule has 2 rings (SSSR count). The second-order valence-corrected chi connectivity index (χ2v) is 5.77. The lowest BCUT2D eigenvalue weighted by atomic mass is 10.2. The molecule has 88 valence electrons. The highest BCUT2D eigenvalue weighted by Crippen LogP contribution is 2.13. The van der Waals surface area contributed by atoms with Gasteiger partial charge in [0.05, 0.1) is 6.04 Å². The van der Waals surface area contributed by atoms with E-state index in [1.165, 1.54) is 11.1 Å². The van der Waals surface area contributed by atoms with Gasteiger partial charge < -0.3 is 10.6 Å². The quantitative estimate of drug-likeness (QED) is 0.858. The fraction of sp³-hybridized carbons (Fsp3) is 0.545. The number of amides is 1. The summed E-state index contributed by atoms with van der Waals surface area (Å²) in [6.45, 7) is 3.66. The van der Waals surface area contributed by atoms with Gasteiger partial charge in [-0.05, 0) is 28.8 Å². The Hall–Kier alpha value is -0.520. The van der Waals surface area contributed by atoms with E-state index < -0.39 is 0 Å². The molecule has 1 aliphatic heterocycles. The molecule has 3 nitrogen and oxygen atoms in total. The van der Waals surface area contributed by atoms with Gasteiger partial charge in [0, 0.05) is 24.6 Å². The molecular weight excluding hydrogens is 240 g/mol. The van der Waals surface area contributed by atoms with Crippen LogP contribution < -0.4 is 10.6 Å². The van der Waals surface area contributed by atoms with Crippen LogP contribution in [-0.4, -0.2) is 30.0 Å². The van der Waals surface area contributed by atoms with E-state index in [2.05, 4.69) is 28.3 Å². The lowest BCUT2D eigenvalue weighted by molar-refractivity contribution is -0.122. The highest BCUT2D eigenvalue weighted by molar-refractivity contribution is 7.99. The van der Waals surface area contributed by atoms with Crippen LogP contribution in [0, 0.1) is 6.92 Å². The van der Waals surface area contributed by atoms with Crippen LogP contribution in [0.3, 0.4) is 0 Å². The van der Waals surface area contributed by atoms with Crippen LogP contribution in [0.1, 0.15) is 11.1 Å². The van der Waals surface area contributed by atoms with Gasteiger partial charge in [-0.1, -0.05) is 0 Å². The second kappa shape index (κ2) is 5.70. The molecule has 1 aromatic heterocycles. The number of hydrogen-bond donors (Lipinski definition) is 2. The summed E-state index contributed by atoms with van der Waals surface area (Å²) in [5, 5.41) is 10.4. The average Bonchev–Trinajstić information content (AvgIpc) is 2.73. The molecule has 0 bridgehead atoms. The van der Waals surface area contributed by atoms with E-state index >= 15 is 0 Å². The van der Waals surface area contributed by atoms with Gasteiger partial charge in [0.2, 0.25) is 5.91 Å². The largest absolute Gasteiger partial charge is 0.351 e. The Kier molecular flexibility index (Phi) is 4.26. The van der Waals surface area contributed by atoms with Crippen molar-refractivity contribution in [2.45, 2.75) is 19.5 Å². The minimum atomic E-state index is -0.0160. The lowest BCUT2D eigenvalue weighted by Crippen LogP contribution is -2.48. The highest BCUT2D eigenvalue weighted by atomic mass is 32.2. The molecule has 2 heterocycles. The van der Waals surface area contributed by atoms with Gasteiger partial charge in [0.25, 0.3) is 0 Å². The molecular formula is C11H16N2OS2. The summed E-state index contributed by atoms with van der Waals surface area (Å²) in [5.74, 6) is 2.11. The molecule has 1 fully saturated rings. The van der Waals surface area contributed by atoms with Crippen LogP contribution >= 0.6 is 23.1 Å². The highest BCUT2D eigenvalue weighted by Gasteiger charge is 2.20. The first-order valence-electron chi connectivity index (χ1n) is 5.38. The average molecular weight is 256 g/mol. The van der Waals surface area contributed by atoms with Gasteiger partial charge in [0.15, 0.2) is 0 Å². The summed E-state index contributed by atoms with van der Waals surface area (Å²) in [7, 11) is 0. The molecule has 1 aliphatic rings. The molecule has 0 saturated carbocycles. The second-order valence-electron chi connectivity index (χ2n) is 3.88. The van der Waals surface area contributed by atoms with E-state index in [1.807, 2.05) is 11.8 Å². The van der Waals surface area contributed by atoms with Crippen molar-refractivity contribution in [2.24, 2.45) is 0 Å². The Balaban J connectivity index is 1.81. The van der Waals surface area contributed by atoms with Gasteiger partial charge in [-0.15, -0.1) is 0 Å². The molecule has 16 heavy (non-hydrogen) atoms. The number of hydrogen-bond acceptors (Lipinski definition) is 4. The fourth-order valence-electron chi connectivity index (χ4n) is 1.61. The van der Waals surface area contributed by atoms with E-state index in [0.717, 1.165) is 18.1 Å². The molecule has 1 aromatic rings. The van der Waals surface area contributed by atoms with Crippen LogP contribution in [0.5, 0.6) is 0 Å². The first-order valence-corrected chi connectivity index (χ1v) is 7.47. The zero-order valence-corrected chi connectivity index (χ0v) is 10.9. The molecule has 1 amide bonds. The Morgan fingerprint density at radius 1 is 1.62 bits per heavy atom. The molecule has 1 atom stereocenters. The van der Waals surface area contributed by atoms with Gasteiger partial charge in [0.1, 0.15) is 0 Å². The van der Waals surface area contributed by atoms with Gasteiger partial charge in [-0.25, -0.2) is 0 Å². The molecule has 0 aromatic carbocycles. The van der Waals surface area contributed by atoms with Crippen LogP contribution in [0.4, 0.5) is 0 Å². The minimum Gasteiger partial charge on any atom is -0.351 e. The van der Waals surface area contributed by atoms with Gasteiger partial charge >= 0.3 is 0 Å². The summed E-state index contributed by atoms with van der Waals surface area (Å²) >= 11 is 3.52. The normalized spacial score (nSPS) is 20.7. The fourth-order valence-corrected chi connectivity index (χ4v) is 3.40. The molecule has 1 unspecified atom stereocenters. The van der Waals surface area contributed by atoms with Crippen molar-refractivity contribution in [2.75, 3.05) is 18.1 Å². The van der Waals surface area contributed by atoms with Crippen LogP contribution in [0.2, 0.25) is 0 Å². The Morgan fingerprint density at radius 3 is 3.12 bits per heavy atom. The van der Waals surface area contributed by atoms with E-state index in [-0.39, 0.29) is 11.9 Å². The number of rotatable bonds is 3. The van der Waals surface area contributed by atoms with Crippen molar-refractivity contribution in [3.8, 4) is 0 Å². The van der Waals surface area contributed by atoms with Crippen molar-refractivity contribution in [1.82, 2.24) is 10.6 Å². The SMILES string of the molecule is Cc1cscc1CNC(=O)C1CSCCN1. The first kappa shape index (κ1) is 12.0. The zero-order chi connectivity index (χ0) is 11.4. The number of aryl methyl sites for hydroxylation is 1. The van der Waals surface area contributed by atoms with E-state index in [4.69, 9.17) is 0 Å². The summed E-state index contributed by atoms with van der Waals surface area (Å²) in [5.41, 5.74) is 2.48. The van der Waals surface area contributed by atoms with Crippen molar-refractivity contribution >= 4 is 29.0 Å². The van der Waals surface area contributed by atoms with Crippen LogP contribution in [-0.2, 0) is 11.3 Å². The predicted octanol–water partition coefficient (Wildman–Crippen LogP) is 1.38. The maximum absolute atomic E-state index is 11.8. The molecule has 0 spiro atoms. The van der Waals surface area contributed by atoms with Gasteiger partial charge in [-0.2, -0.15) is 23.1 Å². The monoisotopic (exact) mass is 256 g/mol. The number of thiophene rings is 1. The topological polar surface area (TPSA) is 41.1 Å². The van der Waals surface area contributed by atoms with Crippen molar-refractivity contribution in [1.29, 1.82) is 0 Å². The molecule has 0 aliphatic carbocycles. The van der Waals surface area contributed by atoms with Crippen molar-refractivity contribution < 1.29 is 4.79 Å². The van der Waals surface area contributed by atoms with E-state index in [9.17, 15) is 4.79 Å². The smallest absolute Gasteiger partial charge is 0.238 e. The van der Waals surface area contributed by atoms with Gasteiger partial charge in [-0.3, -0.25) is 4.79 Å². The first-order chi connectivity index (χ1) is 7.77. The van der Waals surface area contributed by atoms with Crippen molar-refractivity contribution in [3.63, 3.8) is 0 Å². The zero-order valence-electron chi connectivity index (χ0n) is 9.29. The lowest BCUT2D eigenvalue weighted by Gasteiger charge is -2.22. The molecule has 2 N–H and O–H groups in total. The van der Waals surface area contributed by atoms with Crippen molar-refractivity contribution in [3.05, 3.63) is 21.9 Å². The molecule has 0 radical (unpaired) electrons. The number of thioether (sulfide) groups is 1. The van der Waals surface area contributed by atoms with E-state index in [1.54, 1.807) is 11.3 Å². The van der Waals surface area contributed by atoms with Crippen LogP contribution in [0.15, 0.2) is 10.8 Å². The third kappa shape index (κ3) is 2.99. The molecule has 1 saturated heterocycles. The molecule has 5 heteroatoms. The predicted molar refractivity (Wildman–Crippen MR) is 70.0 cm³/mol. The van der Waals surface area contributed by atoms with Crippen LogP contribution in [0.25, 0.3) is 0 Å². The summed E-state index contributed by atoms with van der Waals surface area (Å²) in [6.07, 6.45) is 0. The number of nitrogens with one attached hydrogen (secondary N) is 2. The summed E-state index contributed by atoms with van der Waals surface area (Å²) in [4.78, 5) is 11.8.